The van der Waals surface area contributed by atoms with Gasteiger partial charge in [0.05, 0.1) is 11.3 Å². The van der Waals surface area contributed by atoms with E-state index in [-0.39, 0.29) is 17.8 Å². The fraction of sp³-hybridized carbons (Fsp3) is 0.464. The van der Waals surface area contributed by atoms with Gasteiger partial charge in [0, 0.05) is 42.3 Å². The summed E-state index contributed by atoms with van der Waals surface area (Å²) >= 11 is 5.88. The van der Waals surface area contributed by atoms with Crippen molar-refractivity contribution in [2.24, 2.45) is 0 Å². The van der Waals surface area contributed by atoms with Gasteiger partial charge < -0.3 is 20.0 Å². The summed E-state index contributed by atoms with van der Waals surface area (Å²) in [4.78, 5) is 24.5. The lowest BCUT2D eigenvalue weighted by Gasteiger charge is -2.30. The minimum atomic E-state index is -4.81. The molecule has 0 spiro atoms. The zero-order chi connectivity index (χ0) is 27.7. The number of fused-ring (bicyclic) bond motifs is 1. The molecule has 0 radical (unpaired) electrons. The second-order valence-corrected chi connectivity index (χ2v) is 10.9. The Morgan fingerprint density at radius 1 is 1.03 bits per heavy atom. The van der Waals surface area contributed by atoms with Crippen molar-refractivity contribution in [3.63, 3.8) is 0 Å². The molecule has 2 aliphatic rings. The first-order chi connectivity index (χ1) is 18.6. The van der Waals surface area contributed by atoms with Crippen LogP contribution in [0.5, 0.6) is 0 Å². The van der Waals surface area contributed by atoms with Crippen LogP contribution in [0.25, 0.3) is 11.3 Å². The number of halogens is 4. The molecule has 1 fully saturated rings. The standard InChI is InChI=1S/C28H31ClF3N5O2/c1-37(2)25-20-5-3-4-6-22(20)35-27(36-25)34-19-13-11-18(12-14-19)33-26(38)21-15-23(39-24(21)28(30,31)32)16-7-9-17(29)10-8-16/h7-10,15,18-19H,3-6,11-14H2,1-2H3,(H,33,38)(H,34,35,36). The quantitative estimate of drug-likeness (QED) is 0.357. The van der Waals surface area contributed by atoms with Gasteiger partial charge in [0.1, 0.15) is 11.6 Å². The highest BCUT2D eigenvalue weighted by molar-refractivity contribution is 6.30. The highest BCUT2D eigenvalue weighted by Gasteiger charge is 2.41. The number of hydrogen-bond donors (Lipinski definition) is 2. The van der Waals surface area contributed by atoms with E-state index in [0.717, 1.165) is 56.1 Å². The largest absolute Gasteiger partial charge is 0.451 e. The number of rotatable bonds is 6. The van der Waals surface area contributed by atoms with E-state index in [2.05, 4.69) is 10.6 Å². The van der Waals surface area contributed by atoms with Crippen LogP contribution in [0, 0.1) is 0 Å². The molecular formula is C28H31ClF3N5O2. The average Bonchev–Trinajstić information content (AvgIpc) is 3.36. The van der Waals surface area contributed by atoms with Gasteiger partial charge in [-0.15, -0.1) is 0 Å². The highest BCUT2D eigenvalue weighted by atomic mass is 35.5. The maximum Gasteiger partial charge on any atom is 0.450 e. The molecule has 0 unspecified atom stereocenters. The molecule has 2 heterocycles. The van der Waals surface area contributed by atoms with Crippen LogP contribution in [0.4, 0.5) is 24.9 Å². The molecule has 2 aliphatic carbocycles. The highest BCUT2D eigenvalue weighted by Crippen LogP contribution is 2.38. The molecule has 0 aliphatic heterocycles. The van der Waals surface area contributed by atoms with E-state index in [4.69, 9.17) is 26.0 Å². The van der Waals surface area contributed by atoms with Gasteiger partial charge in [0.2, 0.25) is 11.7 Å². The number of alkyl halides is 3. The van der Waals surface area contributed by atoms with Crippen LogP contribution in [0.2, 0.25) is 5.02 Å². The molecule has 1 saturated carbocycles. The number of nitrogens with zero attached hydrogens (tertiary/aromatic N) is 3. The number of carbonyl (C=O) groups is 1. The lowest BCUT2D eigenvalue weighted by Crippen LogP contribution is -2.40. The monoisotopic (exact) mass is 561 g/mol. The molecule has 39 heavy (non-hydrogen) atoms. The molecule has 0 saturated heterocycles. The van der Waals surface area contributed by atoms with Crippen molar-refractivity contribution >= 4 is 29.3 Å². The Morgan fingerprint density at radius 3 is 2.36 bits per heavy atom. The number of benzene rings is 1. The summed E-state index contributed by atoms with van der Waals surface area (Å²) in [7, 11) is 3.97. The SMILES string of the molecule is CN(C)c1nc(NC2CCC(NC(=O)c3cc(-c4ccc(Cl)cc4)oc3C(F)(F)F)CC2)nc2c1CCCC2. The lowest BCUT2D eigenvalue weighted by molar-refractivity contribution is -0.153. The molecule has 208 valence electrons. The van der Waals surface area contributed by atoms with E-state index in [1.54, 1.807) is 24.3 Å². The van der Waals surface area contributed by atoms with Gasteiger partial charge in [0.15, 0.2) is 0 Å². The first kappa shape index (κ1) is 27.3. The van der Waals surface area contributed by atoms with Gasteiger partial charge in [-0.25, -0.2) is 4.98 Å². The molecule has 2 N–H and O–H groups in total. The van der Waals surface area contributed by atoms with Gasteiger partial charge in [-0.05, 0) is 81.7 Å². The summed E-state index contributed by atoms with van der Waals surface area (Å²) in [5, 5.41) is 6.68. The summed E-state index contributed by atoms with van der Waals surface area (Å²) < 4.78 is 46.2. The zero-order valence-electron chi connectivity index (χ0n) is 21.9. The van der Waals surface area contributed by atoms with Crippen LogP contribution in [0.15, 0.2) is 34.7 Å². The van der Waals surface area contributed by atoms with Gasteiger partial charge in [-0.3, -0.25) is 4.79 Å². The summed E-state index contributed by atoms with van der Waals surface area (Å²) in [6.45, 7) is 0. The third-order valence-electron chi connectivity index (χ3n) is 7.34. The number of furan rings is 1. The number of aromatic nitrogens is 2. The summed E-state index contributed by atoms with van der Waals surface area (Å²) in [5.41, 5.74) is 2.20. The fourth-order valence-corrected chi connectivity index (χ4v) is 5.49. The van der Waals surface area contributed by atoms with Crippen molar-refractivity contribution in [3.8, 4) is 11.3 Å². The third kappa shape index (κ3) is 6.16. The second-order valence-electron chi connectivity index (χ2n) is 10.4. The van der Waals surface area contributed by atoms with Gasteiger partial charge in [-0.1, -0.05) is 11.6 Å². The predicted molar refractivity (Wildman–Crippen MR) is 144 cm³/mol. The van der Waals surface area contributed by atoms with Crippen LogP contribution in [0.3, 0.4) is 0 Å². The number of anilines is 2. The average molecular weight is 562 g/mol. The van der Waals surface area contributed by atoms with Crippen molar-refractivity contribution in [2.45, 2.75) is 69.6 Å². The van der Waals surface area contributed by atoms with Crippen LogP contribution < -0.4 is 15.5 Å². The van der Waals surface area contributed by atoms with E-state index in [1.165, 1.54) is 5.56 Å². The Labute approximate surface area is 230 Å². The Bertz CT molecular complexity index is 1330. The predicted octanol–water partition coefficient (Wildman–Crippen LogP) is 6.51. The fourth-order valence-electron chi connectivity index (χ4n) is 5.36. The van der Waals surface area contributed by atoms with Gasteiger partial charge >= 0.3 is 6.18 Å². The van der Waals surface area contributed by atoms with E-state index in [9.17, 15) is 18.0 Å². The van der Waals surface area contributed by atoms with Crippen molar-refractivity contribution in [2.75, 3.05) is 24.3 Å². The van der Waals surface area contributed by atoms with Crippen molar-refractivity contribution in [1.82, 2.24) is 15.3 Å². The third-order valence-corrected chi connectivity index (χ3v) is 7.60. The molecule has 1 amide bonds. The molecule has 5 rings (SSSR count). The lowest BCUT2D eigenvalue weighted by atomic mass is 9.91. The Hall–Kier alpha value is -3.27. The van der Waals surface area contributed by atoms with E-state index < -0.39 is 23.4 Å². The molecule has 7 nitrogen and oxygen atoms in total. The number of nitrogens with one attached hydrogen (secondary N) is 2. The van der Waals surface area contributed by atoms with Gasteiger partial charge in [0.25, 0.3) is 5.91 Å². The minimum absolute atomic E-state index is 0.0424. The Kier molecular flexibility index (Phi) is 7.75. The van der Waals surface area contributed by atoms with Gasteiger partial charge in [-0.2, -0.15) is 18.2 Å². The molecule has 0 bridgehead atoms. The number of amides is 1. The molecular weight excluding hydrogens is 531 g/mol. The summed E-state index contributed by atoms with van der Waals surface area (Å²) in [6, 6.07) is 7.21. The molecule has 11 heteroatoms. The zero-order valence-corrected chi connectivity index (χ0v) is 22.6. The van der Waals surface area contributed by atoms with Crippen LogP contribution in [0.1, 0.15) is 65.9 Å². The molecule has 1 aromatic carbocycles. The van der Waals surface area contributed by atoms with E-state index in [1.807, 2.05) is 19.0 Å². The maximum absolute atomic E-state index is 13.7. The van der Waals surface area contributed by atoms with E-state index in [0.29, 0.717) is 29.4 Å². The molecule has 3 aromatic rings. The van der Waals surface area contributed by atoms with Crippen LogP contribution in [-0.4, -0.2) is 42.1 Å². The molecule has 0 atom stereocenters. The van der Waals surface area contributed by atoms with Crippen LogP contribution >= 0.6 is 11.6 Å². The van der Waals surface area contributed by atoms with Crippen molar-refractivity contribution < 1.29 is 22.4 Å². The topological polar surface area (TPSA) is 83.3 Å². The van der Waals surface area contributed by atoms with Crippen LogP contribution in [-0.2, 0) is 19.0 Å². The van der Waals surface area contributed by atoms with Crippen molar-refractivity contribution in [3.05, 3.63) is 57.9 Å². The normalized spacial score (nSPS) is 19.3. The summed E-state index contributed by atoms with van der Waals surface area (Å²) in [5.74, 6) is -0.589. The minimum Gasteiger partial charge on any atom is -0.451 e. The summed E-state index contributed by atoms with van der Waals surface area (Å²) in [6.07, 6.45) is 2.10. The van der Waals surface area contributed by atoms with Crippen molar-refractivity contribution in [1.29, 1.82) is 0 Å². The Morgan fingerprint density at radius 2 is 1.69 bits per heavy atom. The van der Waals surface area contributed by atoms with E-state index >= 15 is 0 Å². The first-order valence-corrected chi connectivity index (χ1v) is 13.6. The number of hydrogen-bond acceptors (Lipinski definition) is 6. The Balaban J connectivity index is 1.23. The number of carbonyl (C=O) groups excluding carboxylic acids is 1. The smallest absolute Gasteiger partial charge is 0.450 e. The maximum atomic E-state index is 13.7. The first-order valence-electron chi connectivity index (χ1n) is 13.2. The second kappa shape index (κ2) is 11.1. The molecule has 2 aromatic heterocycles. The number of aryl methyl sites for hydroxylation is 1.